The predicted octanol–water partition coefficient (Wildman–Crippen LogP) is 2.09. The summed E-state index contributed by atoms with van der Waals surface area (Å²) in [6.45, 7) is 1.77. The number of esters is 1. The summed E-state index contributed by atoms with van der Waals surface area (Å²) in [7, 11) is 0. The molecule has 25 heavy (non-hydrogen) atoms. The Balaban J connectivity index is 1.87. The van der Waals surface area contributed by atoms with E-state index in [9.17, 15) is 24.5 Å². The maximum atomic E-state index is 12.2. The van der Waals surface area contributed by atoms with Gasteiger partial charge in [0.15, 0.2) is 0 Å². The Labute approximate surface area is 140 Å². The van der Waals surface area contributed by atoms with Gasteiger partial charge >= 0.3 is 5.97 Å². The second kappa shape index (κ2) is 6.19. The van der Waals surface area contributed by atoms with Gasteiger partial charge in [0.25, 0.3) is 17.4 Å². The highest BCUT2D eigenvalue weighted by atomic mass is 16.6. The summed E-state index contributed by atoms with van der Waals surface area (Å²) in [4.78, 5) is 47.1. The highest BCUT2D eigenvalue weighted by molar-refractivity contribution is 6.52. The van der Waals surface area contributed by atoms with Crippen molar-refractivity contribution in [3.05, 3.63) is 57.5 Å². The van der Waals surface area contributed by atoms with E-state index < -0.39 is 22.6 Å². The normalized spacial score (nSPS) is 13.1. The number of nitro benzene ring substituents is 1. The van der Waals surface area contributed by atoms with E-state index in [0.717, 1.165) is 11.0 Å². The van der Waals surface area contributed by atoms with Crippen LogP contribution in [0.1, 0.15) is 33.6 Å². The van der Waals surface area contributed by atoms with Crippen molar-refractivity contribution >= 4 is 29.0 Å². The molecule has 3 rings (SSSR count). The Hall–Kier alpha value is -3.49. The average Bonchev–Trinajstić information content (AvgIpc) is 3.14. The van der Waals surface area contributed by atoms with Gasteiger partial charge in [-0.15, -0.1) is 0 Å². The zero-order chi connectivity index (χ0) is 18.1. The highest BCUT2D eigenvalue weighted by Crippen LogP contribution is 2.33. The van der Waals surface area contributed by atoms with Crippen molar-refractivity contribution in [2.45, 2.75) is 13.5 Å². The van der Waals surface area contributed by atoms with Gasteiger partial charge in [-0.2, -0.15) is 0 Å². The molecule has 1 aliphatic heterocycles. The topological polar surface area (TPSA) is 120 Å². The molecule has 0 spiro atoms. The maximum Gasteiger partial charge on any atom is 0.374 e. The number of benzene rings is 1. The molecule has 1 aromatic heterocycles. The van der Waals surface area contributed by atoms with Gasteiger partial charge in [0, 0.05) is 12.1 Å². The number of rotatable bonds is 5. The number of fused-ring (bicyclic) bond motifs is 1. The first kappa shape index (κ1) is 16.4. The number of ketones is 1. The lowest BCUT2D eigenvalue weighted by molar-refractivity contribution is -0.384. The lowest BCUT2D eigenvalue weighted by atomic mass is 10.1. The first-order chi connectivity index (χ1) is 11.9. The fourth-order valence-corrected chi connectivity index (χ4v) is 2.49. The van der Waals surface area contributed by atoms with Crippen molar-refractivity contribution in [3.63, 3.8) is 0 Å². The molecular weight excluding hydrogens is 332 g/mol. The van der Waals surface area contributed by atoms with Crippen molar-refractivity contribution in [3.8, 4) is 0 Å². The molecule has 0 N–H and O–H groups in total. The first-order valence-electron chi connectivity index (χ1n) is 7.32. The summed E-state index contributed by atoms with van der Waals surface area (Å²) in [5, 5.41) is 10.8. The zero-order valence-corrected chi connectivity index (χ0v) is 13.1. The summed E-state index contributed by atoms with van der Waals surface area (Å²) in [5.41, 5.74) is -0.0459. The van der Waals surface area contributed by atoms with Crippen LogP contribution in [0.5, 0.6) is 0 Å². The summed E-state index contributed by atoms with van der Waals surface area (Å²) in [5.74, 6) is -2.01. The lowest BCUT2D eigenvalue weighted by Gasteiger charge is -2.14. The number of Topliss-reactive ketones (excluding diaryl/α,β-unsaturated/α-hetero) is 1. The summed E-state index contributed by atoms with van der Waals surface area (Å²) < 4.78 is 10.1. The Morgan fingerprint density at radius 3 is 2.72 bits per heavy atom. The van der Waals surface area contributed by atoms with Crippen LogP contribution in [0.3, 0.4) is 0 Å². The van der Waals surface area contributed by atoms with Crippen molar-refractivity contribution in [1.29, 1.82) is 0 Å². The number of nitrogens with zero attached hydrogens (tertiary/aromatic N) is 2. The van der Waals surface area contributed by atoms with Crippen LogP contribution in [0.4, 0.5) is 11.4 Å². The van der Waals surface area contributed by atoms with Gasteiger partial charge in [0.1, 0.15) is 5.76 Å². The SMILES string of the molecule is CCOC(=O)c1ccc(CN2C(=O)C(=O)c3cc([N+](=O)[O-])ccc32)o1. The van der Waals surface area contributed by atoms with Crippen LogP contribution >= 0.6 is 0 Å². The number of amides is 1. The fraction of sp³-hybridized carbons (Fsp3) is 0.188. The molecular formula is C16H12N2O7. The molecule has 0 unspecified atom stereocenters. The molecule has 1 aliphatic rings. The number of hydrogen-bond acceptors (Lipinski definition) is 7. The number of nitro groups is 1. The minimum Gasteiger partial charge on any atom is -0.460 e. The van der Waals surface area contributed by atoms with Crippen molar-refractivity contribution in [1.82, 2.24) is 0 Å². The van der Waals surface area contributed by atoms with Crippen LogP contribution in [0, 0.1) is 10.1 Å². The smallest absolute Gasteiger partial charge is 0.374 e. The largest absolute Gasteiger partial charge is 0.460 e. The van der Waals surface area contributed by atoms with E-state index in [1.54, 1.807) is 6.92 Å². The van der Waals surface area contributed by atoms with Gasteiger partial charge in [-0.1, -0.05) is 0 Å². The van der Waals surface area contributed by atoms with Crippen molar-refractivity contribution in [2.24, 2.45) is 0 Å². The minimum absolute atomic E-state index is 0.0151. The summed E-state index contributed by atoms with van der Waals surface area (Å²) in [6, 6.07) is 6.52. The van der Waals surface area contributed by atoms with Gasteiger partial charge in [-0.05, 0) is 25.1 Å². The van der Waals surface area contributed by atoms with E-state index in [2.05, 4.69) is 0 Å². The molecule has 0 radical (unpaired) electrons. The van der Waals surface area contributed by atoms with E-state index in [-0.39, 0.29) is 41.6 Å². The number of hydrogen-bond donors (Lipinski definition) is 0. The molecule has 1 amide bonds. The molecule has 9 heteroatoms. The third-order valence-corrected chi connectivity index (χ3v) is 3.62. The molecule has 0 fully saturated rings. The molecule has 1 aromatic carbocycles. The van der Waals surface area contributed by atoms with Gasteiger partial charge in [-0.25, -0.2) is 4.79 Å². The van der Waals surface area contributed by atoms with Crippen molar-refractivity contribution < 1.29 is 28.5 Å². The van der Waals surface area contributed by atoms with Crippen LogP contribution in [-0.2, 0) is 16.1 Å². The van der Waals surface area contributed by atoms with Crippen LogP contribution in [0.25, 0.3) is 0 Å². The molecule has 2 aromatic rings. The van der Waals surface area contributed by atoms with Gasteiger partial charge < -0.3 is 9.15 Å². The number of furan rings is 1. The molecule has 0 aliphatic carbocycles. The molecule has 0 bridgehead atoms. The van der Waals surface area contributed by atoms with Gasteiger partial charge in [-0.3, -0.25) is 24.6 Å². The molecule has 0 saturated carbocycles. The van der Waals surface area contributed by atoms with Crippen LogP contribution in [0.2, 0.25) is 0 Å². The average molecular weight is 344 g/mol. The molecule has 2 heterocycles. The monoisotopic (exact) mass is 344 g/mol. The number of ether oxygens (including phenoxy) is 1. The van der Waals surface area contributed by atoms with E-state index in [4.69, 9.17) is 9.15 Å². The second-order valence-corrected chi connectivity index (χ2v) is 5.17. The van der Waals surface area contributed by atoms with Crippen molar-refractivity contribution in [2.75, 3.05) is 11.5 Å². The van der Waals surface area contributed by atoms with Gasteiger partial charge in [0.2, 0.25) is 5.76 Å². The van der Waals surface area contributed by atoms with E-state index in [1.165, 1.54) is 24.3 Å². The number of non-ortho nitro benzene ring substituents is 1. The highest BCUT2D eigenvalue weighted by Gasteiger charge is 2.37. The number of anilines is 1. The van der Waals surface area contributed by atoms with E-state index in [0.29, 0.717) is 0 Å². The molecule has 9 nitrogen and oxygen atoms in total. The Bertz CT molecular complexity index is 900. The quantitative estimate of drug-likeness (QED) is 0.352. The predicted molar refractivity (Wildman–Crippen MR) is 83.3 cm³/mol. The Morgan fingerprint density at radius 2 is 2.04 bits per heavy atom. The third kappa shape index (κ3) is 2.87. The minimum atomic E-state index is -0.823. The first-order valence-corrected chi connectivity index (χ1v) is 7.32. The molecule has 128 valence electrons. The standard InChI is InChI=1S/C16H12N2O7/c1-2-24-16(21)13-6-4-10(25-13)8-17-12-5-3-9(18(22)23)7-11(12)14(19)15(17)20/h3-7H,2,8H2,1H3. The van der Waals surface area contributed by atoms with Crippen LogP contribution < -0.4 is 4.90 Å². The lowest BCUT2D eigenvalue weighted by Crippen LogP contribution is -2.28. The second-order valence-electron chi connectivity index (χ2n) is 5.17. The Morgan fingerprint density at radius 1 is 1.28 bits per heavy atom. The van der Waals surface area contributed by atoms with Crippen LogP contribution in [0.15, 0.2) is 34.7 Å². The van der Waals surface area contributed by atoms with E-state index >= 15 is 0 Å². The number of carbonyl (C=O) groups excluding carboxylic acids is 3. The summed E-state index contributed by atoms with van der Waals surface area (Å²) in [6.07, 6.45) is 0. The van der Waals surface area contributed by atoms with Gasteiger partial charge in [0.05, 0.1) is 29.3 Å². The molecule has 0 saturated heterocycles. The Kier molecular flexibility index (Phi) is 4.05. The fourth-order valence-electron chi connectivity index (χ4n) is 2.49. The van der Waals surface area contributed by atoms with E-state index in [1.807, 2.05) is 0 Å². The summed E-state index contributed by atoms with van der Waals surface area (Å²) >= 11 is 0. The number of carbonyl (C=O) groups is 3. The third-order valence-electron chi connectivity index (χ3n) is 3.62. The molecule has 0 atom stereocenters. The maximum absolute atomic E-state index is 12.2. The zero-order valence-electron chi connectivity index (χ0n) is 13.1. The van der Waals surface area contributed by atoms with Crippen LogP contribution in [-0.4, -0.2) is 29.2 Å².